The Balaban J connectivity index is 2.04. The van der Waals surface area contributed by atoms with Crippen molar-refractivity contribution >= 4 is 21.6 Å². The standard InChI is InChI=1S/C20H23NO4S/c1-25-18-14-12-17(13-15-18)21(20(22)16-8-4-2-5-9-16)26(23,24)19-10-6-3-7-11-19/h3,6-7,10-16H,2,4-5,8-9H2,1H3. The second kappa shape index (κ2) is 7.91. The molecule has 2 aromatic rings. The van der Waals surface area contributed by atoms with Gasteiger partial charge in [-0.3, -0.25) is 4.79 Å². The zero-order valence-electron chi connectivity index (χ0n) is 14.8. The molecule has 0 bridgehead atoms. The van der Waals surface area contributed by atoms with Gasteiger partial charge in [0.05, 0.1) is 17.7 Å². The van der Waals surface area contributed by atoms with Crippen LogP contribution >= 0.6 is 0 Å². The summed E-state index contributed by atoms with van der Waals surface area (Å²) < 4.78 is 32.6. The van der Waals surface area contributed by atoms with E-state index in [0.29, 0.717) is 11.4 Å². The van der Waals surface area contributed by atoms with Crippen LogP contribution in [0.5, 0.6) is 5.75 Å². The summed E-state index contributed by atoms with van der Waals surface area (Å²) in [6.07, 6.45) is 4.47. The fraction of sp³-hybridized carbons (Fsp3) is 0.350. The van der Waals surface area contributed by atoms with Crippen LogP contribution in [0.4, 0.5) is 5.69 Å². The molecule has 1 amide bonds. The van der Waals surface area contributed by atoms with Gasteiger partial charge in [-0.05, 0) is 49.2 Å². The second-order valence-corrected chi connectivity index (χ2v) is 8.24. The molecular formula is C20H23NO4S. The molecule has 0 unspecified atom stereocenters. The lowest BCUT2D eigenvalue weighted by molar-refractivity contribution is -0.122. The molecule has 6 heteroatoms. The normalized spacial score (nSPS) is 15.4. The van der Waals surface area contributed by atoms with E-state index in [4.69, 9.17) is 4.74 Å². The fourth-order valence-corrected chi connectivity index (χ4v) is 4.81. The van der Waals surface area contributed by atoms with Crippen molar-refractivity contribution in [2.45, 2.75) is 37.0 Å². The van der Waals surface area contributed by atoms with Crippen LogP contribution in [-0.2, 0) is 14.8 Å². The van der Waals surface area contributed by atoms with E-state index in [2.05, 4.69) is 0 Å². The van der Waals surface area contributed by atoms with Crippen molar-refractivity contribution in [3.63, 3.8) is 0 Å². The average Bonchev–Trinajstić information content (AvgIpc) is 2.70. The maximum absolute atomic E-state index is 13.2. The van der Waals surface area contributed by atoms with Crippen molar-refractivity contribution in [2.24, 2.45) is 5.92 Å². The maximum Gasteiger partial charge on any atom is 0.270 e. The molecule has 0 atom stereocenters. The van der Waals surface area contributed by atoms with E-state index in [1.807, 2.05) is 0 Å². The molecule has 1 aliphatic rings. The highest BCUT2D eigenvalue weighted by Gasteiger charge is 2.35. The quantitative estimate of drug-likeness (QED) is 0.795. The van der Waals surface area contributed by atoms with Gasteiger partial charge in [-0.2, -0.15) is 0 Å². The lowest BCUT2D eigenvalue weighted by atomic mass is 9.88. The fourth-order valence-electron chi connectivity index (χ4n) is 3.32. The summed E-state index contributed by atoms with van der Waals surface area (Å²) in [6.45, 7) is 0. The van der Waals surface area contributed by atoms with E-state index in [1.165, 1.54) is 12.1 Å². The van der Waals surface area contributed by atoms with E-state index in [-0.39, 0.29) is 16.7 Å². The Hall–Kier alpha value is -2.34. The summed E-state index contributed by atoms with van der Waals surface area (Å²) in [5.74, 6) is -0.000941. The van der Waals surface area contributed by atoms with Gasteiger partial charge in [0.15, 0.2) is 0 Å². The van der Waals surface area contributed by atoms with E-state index < -0.39 is 10.0 Å². The minimum atomic E-state index is -3.98. The van der Waals surface area contributed by atoms with Crippen LogP contribution in [0.3, 0.4) is 0 Å². The number of carbonyl (C=O) groups is 1. The van der Waals surface area contributed by atoms with Crippen molar-refractivity contribution < 1.29 is 17.9 Å². The first kappa shape index (κ1) is 18.5. The molecule has 2 aromatic carbocycles. The molecule has 0 N–H and O–H groups in total. The van der Waals surface area contributed by atoms with Crippen LogP contribution < -0.4 is 9.04 Å². The maximum atomic E-state index is 13.2. The summed E-state index contributed by atoms with van der Waals surface area (Å²) in [7, 11) is -2.44. The minimum Gasteiger partial charge on any atom is -0.497 e. The van der Waals surface area contributed by atoms with E-state index >= 15 is 0 Å². The Labute approximate surface area is 154 Å². The molecule has 0 saturated heterocycles. The van der Waals surface area contributed by atoms with Crippen molar-refractivity contribution in [3.05, 3.63) is 54.6 Å². The summed E-state index contributed by atoms with van der Waals surface area (Å²) in [5.41, 5.74) is 0.338. The molecule has 0 radical (unpaired) electrons. The molecule has 1 fully saturated rings. The number of hydrogen-bond donors (Lipinski definition) is 0. The molecule has 138 valence electrons. The average molecular weight is 373 g/mol. The number of carbonyl (C=O) groups excluding carboxylic acids is 1. The van der Waals surface area contributed by atoms with Crippen LogP contribution in [0.1, 0.15) is 32.1 Å². The van der Waals surface area contributed by atoms with Crippen LogP contribution in [0.2, 0.25) is 0 Å². The van der Waals surface area contributed by atoms with Crippen LogP contribution in [0.25, 0.3) is 0 Å². The third kappa shape index (κ3) is 3.75. The third-order valence-electron chi connectivity index (χ3n) is 4.74. The van der Waals surface area contributed by atoms with E-state index in [9.17, 15) is 13.2 Å². The first-order chi connectivity index (χ1) is 12.5. The predicted molar refractivity (Wildman–Crippen MR) is 101 cm³/mol. The topological polar surface area (TPSA) is 63.7 Å². The summed E-state index contributed by atoms with van der Waals surface area (Å²) in [6, 6.07) is 14.6. The monoisotopic (exact) mass is 373 g/mol. The highest BCUT2D eigenvalue weighted by atomic mass is 32.2. The van der Waals surface area contributed by atoms with Crippen LogP contribution in [0, 0.1) is 5.92 Å². The highest BCUT2D eigenvalue weighted by Crippen LogP contribution is 2.32. The number of nitrogens with zero attached hydrogens (tertiary/aromatic N) is 1. The summed E-state index contributed by atoms with van der Waals surface area (Å²) >= 11 is 0. The zero-order valence-corrected chi connectivity index (χ0v) is 15.6. The Bertz CT molecular complexity index is 841. The smallest absolute Gasteiger partial charge is 0.270 e. The Morgan fingerprint density at radius 2 is 1.58 bits per heavy atom. The molecular weight excluding hydrogens is 350 g/mol. The molecule has 1 aliphatic carbocycles. The third-order valence-corrected chi connectivity index (χ3v) is 6.48. The lowest BCUT2D eigenvalue weighted by Gasteiger charge is -2.29. The Morgan fingerprint density at radius 1 is 0.962 bits per heavy atom. The second-order valence-electron chi connectivity index (χ2n) is 6.45. The number of benzene rings is 2. The van der Waals surface area contributed by atoms with Crippen molar-refractivity contribution in [3.8, 4) is 5.75 Å². The van der Waals surface area contributed by atoms with Crippen molar-refractivity contribution in [1.82, 2.24) is 0 Å². The van der Waals surface area contributed by atoms with Gasteiger partial charge < -0.3 is 4.74 Å². The number of hydrogen-bond acceptors (Lipinski definition) is 4. The molecule has 0 aliphatic heterocycles. The highest BCUT2D eigenvalue weighted by molar-refractivity contribution is 7.93. The number of methoxy groups -OCH3 is 1. The van der Waals surface area contributed by atoms with Gasteiger partial charge in [0.2, 0.25) is 5.91 Å². The Kier molecular flexibility index (Phi) is 5.61. The van der Waals surface area contributed by atoms with Gasteiger partial charge in [-0.1, -0.05) is 37.5 Å². The molecule has 0 heterocycles. The number of anilines is 1. The predicted octanol–water partition coefficient (Wildman–Crippen LogP) is 4.00. The number of ether oxygens (including phenoxy) is 1. The number of amides is 1. The first-order valence-electron chi connectivity index (χ1n) is 8.82. The molecule has 5 nitrogen and oxygen atoms in total. The first-order valence-corrected chi connectivity index (χ1v) is 10.3. The largest absolute Gasteiger partial charge is 0.497 e. The molecule has 0 aromatic heterocycles. The van der Waals surface area contributed by atoms with Crippen molar-refractivity contribution in [1.29, 1.82) is 0 Å². The zero-order chi connectivity index (χ0) is 18.6. The van der Waals surface area contributed by atoms with Crippen LogP contribution in [0.15, 0.2) is 59.5 Å². The van der Waals surface area contributed by atoms with Crippen molar-refractivity contribution in [2.75, 3.05) is 11.4 Å². The SMILES string of the molecule is COc1ccc(N(C(=O)C2CCCCC2)S(=O)(=O)c2ccccc2)cc1. The van der Waals surface area contributed by atoms with E-state index in [1.54, 1.807) is 49.6 Å². The van der Waals surface area contributed by atoms with Gasteiger partial charge in [-0.25, -0.2) is 12.7 Å². The van der Waals surface area contributed by atoms with Crippen LogP contribution in [-0.4, -0.2) is 21.4 Å². The molecule has 1 saturated carbocycles. The Morgan fingerprint density at radius 3 is 2.15 bits per heavy atom. The summed E-state index contributed by atoms with van der Waals surface area (Å²) in [4.78, 5) is 13.3. The summed E-state index contributed by atoms with van der Waals surface area (Å²) in [5, 5.41) is 0. The number of rotatable bonds is 5. The molecule has 3 rings (SSSR count). The van der Waals surface area contributed by atoms with E-state index in [0.717, 1.165) is 36.4 Å². The minimum absolute atomic E-state index is 0.111. The lowest BCUT2D eigenvalue weighted by Crippen LogP contribution is -2.41. The van der Waals surface area contributed by atoms with Gasteiger partial charge in [0.1, 0.15) is 5.75 Å². The van der Waals surface area contributed by atoms with Gasteiger partial charge in [-0.15, -0.1) is 0 Å². The van der Waals surface area contributed by atoms with Gasteiger partial charge >= 0.3 is 0 Å². The molecule has 26 heavy (non-hydrogen) atoms. The molecule has 0 spiro atoms. The number of sulfonamides is 1. The van der Waals surface area contributed by atoms with Gasteiger partial charge in [0.25, 0.3) is 10.0 Å². The van der Waals surface area contributed by atoms with Gasteiger partial charge in [0, 0.05) is 5.92 Å².